The molecule has 11 heavy (non-hydrogen) atoms. The number of nitrogens with one attached hydrogen (secondary N) is 1. The molecule has 0 saturated carbocycles. The summed E-state index contributed by atoms with van der Waals surface area (Å²) in [5.41, 5.74) is 0. The molecule has 0 spiro atoms. The molecule has 0 unspecified atom stereocenters. The van der Waals surface area contributed by atoms with Gasteiger partial charge in [-0.15, -0.1) is 0 Å². The lowest BCUT2D eigenvalue weighted by atomic mass is 10.4. The zero-order chi connectivity index (χ0) is 8.53. The molecule has 0 heterocycles. The van der Waals surface area contributed by atoms with Crippen molar-refractivity contribution in [2.24, 2.45) is 0 Å². The molecule has 0 bridgehead atoms. The largest absolute Gasteiger partial charge is 0.303 e. The second-order valence-corrected chi connectivity index (χ2v) is 2.36. The molecule has 0 aromatic heterocycles. The van der Waals surface area contributed by atoms with Crippen LogP contribution in [0.15, 0.2) is 0 Å². The number of nitriles is 1. The maximum atomic E-state index is 8.22. The molecule has 0 rings (SSSR count). The molecule has 1 N–H and O–H groups in total. The van der Waals surface area contributed by atoms with E-state index >= 15 is 0 Å². The van der Waals surface area contributed by atoms with Crippen molar-refractivity contribution in [2.75, 3.05) is 32.7 Å². The van der Waals surface area contributed by atoms with Gasteiger partial charge in [-0.3, -0.25) is 0 Å². The minimum atomic E-state index is 0.460. The summed E-state index contributed by atoms with van der Waals surface area (Å²) >= 11 is 0. The second-order valence-electron chi connectivity index (χ2n) is 2.36. The normalized spacial score (nSPS) is 10.0. The van der Waals surface area contributed by atoms with E-state index in [0.29, 0.717) is 6.54 Å². The first-order valence-corrected chi connectivity index (χ1v) is 4.15. The number of nitrogens with zero attached hydrogens (tertiary/aromatic N) is 2. The zero-order valence-electron chi connectivity index (χ0n) is 7.43. The summed E-state index contributed by atoms with van der Waals surface area (Å²) in [4.78, 5) is 2.32. The summed E-state index contributed by atoms with van der Waals surface area (Å²) in [6.45, 7) is 8.88. The van der Waals surface area contributed by atoms with Crippen LogP contribution in [0.1, 0.15) is 13.8 Å². The summed E-state index contributed by atoms with van der Waals surface area (Å²) in [5.74, 6) is 0. The quantitative estimate of drug-likeness (QED) is 0.447. The maximum Gasteiger partial charge on any atom is 0.0841 e. The first kappa shape index (κ1) is 10.4. The predicted octanol–water partition coefficient (Wildman–Crippen LogP) is 0.441. The lowest BCUT2D eigenvalue weighted by molar-refractivity contribution is 0.304. The molecule has 0 aliphatic carbocycles. The van der Waals surface area contributed by atoms with Crippen molar-refractivity contribution in [1.82, 2.24) is 10.2 Å². The minimum absolute atomic E-state index is 0.460. The van der Waals surface area contributed by atoms with E-state index in [1.54, 1.807) is 0 Å². The molecule has 0 atom stereocenters. The van der Waals surface area contributed by atoms with Gasteiger partial charge in [0.2, 0.25) is 0 Å². The molecule has 64 valence electrons. The highest BCUT2D eigenvalue weighted by atomic mass is 15.1. The van der Waals surface area contributed by atoms with Crippen LogP contribution in [0.2, 0.25) is 0 Å². The van der Waals surface area contributed by atoms with Gasteiger partial charge in [-0.2, -0.15) is 5.26 Å². The van der Waals surface area contributed by atoms with E-state index in [0.717, 1.165) is 26.2 Å². The van der Waals surface area contributed by atoms with Gasteiger partial charge >= 0.3 is 0 Å². The van der Waals surface area contributed by atoms with Crippen molar-refractivity contribution in [3.8, 4) is 6.07 Å². The van der Waals surface area contributed by atoms with E-state index in [4.69, 9.17) is 5.26 Å². The second kappa shape index (κ2) is 7.52. The Morgan fingerprint density at radius 1 is 1.36 bits per heavy atom. The van der Waals surface area contributed by atoms with Gasteiger partial charge < -0.3 is 10.2 Å². The van der Waals surface area contributed by atoms with Gasteiger partial charge in [0.05, 0.1) is 12.6 Å². The smallest absolute Gasteiger partial charge is 0.0841 e. The fourth-order valence-electron chi connectivity index (χ4n) is 0.921. The molecule has 0 saturated heterocycles. The summed E-state index contributed by atoms with van der Waals surface area (Å²) in [7, 11) is 0. The Hall–Kier alpha value is -0.590. The van der Waals surface area contributed by atoms with Crippen molar-refractivity contribution in [3.05, 3.63) is 0 Å². The van der Waals surface area contributed by atoms with Crippen LogP contribution >= 0.6 is 0 Å². The van der Waals surface area contributed by atoms with E-state index in [1.807, 2.05) is 6.07 Å². The third-order valence-corrected chi connectivity index (χ3v) is 1.70. The van der Waals surface area contributed by atoms with Crippen LogP contribution in [0, 0.1) is 11.3 Å². The average molecular weight is 155 g/mol. The third kappa shape index (κ3) is 5.84. The van der Waals surface area contributed by atoms with Crippen LogP contribution in [0.25, 0.3) is 0 Å². The van der Waals surface area contributed by atoms with Gasteiger partial charge in [0, 0.05) is 13.1 Å². The monoisotopic (exact) mass is 155 g/mol. The molecule has 0 aromatic rings. The van der Waals surface area contributed by atoms with Gasteiger partial charge in [-0.05, 0) is 13.1 Å². The highest BCUT2D eigenvalue weighted by Gasteiger charge is 1.95. The fraction of sp³-hybridized carbons (Fsp3) is 0.875. The van der Waals surface area contributed by atoms with E-state index in [9.17, 15) is 0 Å². The van der Waals surface area contributed by atoms with Crippen molar-refractivity contribution in [1.29, 1.82) is 5.26 Å². The zero-order valence-corrected chi connectivity index (χ0v) is 7.43. The lowest BCUT2D eigenvalue weighted by Crippen LogP contribution is -2.31. The highest BCUT2D eigenvalue weighted by molar-refractivity contribution is 4.72. The Kier molecular flexibility index (Phi) is 7.11. The predicted molar refractivity (Wildman–Crippen MR) is 46.3 cm³/mol. The third-order valence-electron chi connectivity index (χ3n) is 1.70. The highest BCUT2D eigenvalue weighted by Crippen LogP contribution is 1.83. The van der Waals surface area contributed by atoms with Gasteiger partial charge in [-0.1, -0.05) is 13.8 Å². The first-order chi connectivity index (χ1) is 5.35. The van der Waals surface area contributed by atoms with Crippen LogP contribution in [0.4, 0.5) is 0 Å². The van der Waals surface area contributed by atoms with Crippen molar-refractivity contribution < 1.29 is 0 Å². The van der Waals surface area contributed by atoms with Crippen LogP contribution < -0.4 is 5.32 Å². The van der Waals surface area contributed by atoms with Crippen molar-refractivity contribution in [3.63, 3.8) is 0 Å². The molecule has 0 aromatic carbocycles. The topological polar surface area (TPSA) is 39.1 Å². The molecule has 3 heteroatoms. The molecule has 0 aliphatic heterocycles. The summed E-state index contributed by atoms with van der Waals surface area (Å²) < 4.78 is 0. The Morgan fingerprint density at radius 2 is 2.00 bits per heavy atom. The van der Waals surface area contributed by atoms with E-state index in [1.165, 1.54) is 0 Å². The maximum absolute atomic E-state index is 8.22. The van der Waals surface area contributed by atoms with Crippen LogP contribution in [-0.2, 0) is 0 Å². The average Bonchev–Trinajstić information content (AvgIpc) is 2.05. The number of likely N-dealkylation sites (N-methyl/N-ethyl adjacent to an activating group) is 1. The molecule has 0 amide bonds. The van der Waals surface area contributed by atoms with Crippen molar-refractivity contribution in [2.45, 2.75) is 13.8 Å². The molecule has 3 nitrogen and oxygen atoms in total. The van der Waals surface area contributed by atoms with E-state index < -0.39 is 0 Å². The summed E-state index contributed by atoms with van der Waals surface area (Å²) in [6.07, 6.45) is 0. The molecule has 0 radical (unpaired) electrons. The molecular formula is C8H17N3. The summed E-state index contributed by atoms with van der Waals surface area (Å²) in [5, 5.41) is 11.3. The Labute approximate surface area is 69.0 Å². The van der Waals surface area contributed by atoms with Gasteiger partial charge in [0.1, 0.15) is 0 Å². The Morgan fingerprint density at radius 3 is 2.45 bits per heavy atom. The number of hydrogen-bond donors (Lipinski definition) is 1. The minimum Gasteiger partial charge on any atom is -0.303 e. The Bertz CT molecular complexity index is 113. The molecular weight excluding hydrogens is 138 g/mol. The van der Waals surface area contributed by atoms with Crippen LogP contribution in [0.5, 0.6) is 0 Å². The van der Waals surface area contributed by atoms with Gasteiger partial charge in [0.15, 0.2) is 0 Å². The van der Waals surface area contributed by atoms with E-state index in [-0.39, 0.29) is 0 Å². The summed E-state index contributed by atoms with van der Waals surface area (Å²) in [6, 6.07) is 2.05. The lowest BCUT2D eigenvalue weighted by Gasteiger charge is -2.17. The Balaban J connectivity index is 3.16. The number of rotatable bonds is 6. The SMILES string of the molecule is CCN(CC)CCNCC#N. The molecule has 0 aliphatic rings. The number of hydrogen-bond acceptors (Lipinski definition) is 3. The van der Waals surface area contributed by atoms with E-state index in [2.05, 4.69) is 24.1 Å². The van der Waals surface area contributed by atoms with Crippen molar-refractivity contribution >= 4 is 0 Å². The van der Waals surface area contributed by atoms with Crippen LogP contribution in [0.3, 0.4) is 0 Å². The van der Waals surface area contributed by atoms with Crippen LogP contribution in [-0.4, -0.2) is 37.6 Å². The fourth-order valence-corrected chi connectivity index (χ4v) is 0.921. The first-order valence-electron chi connectivity index (χ1n) is 4.15. The van der Waals surface area contributed by atoms with Gasteiger partial charge in [0.25, 0.3) is 0 Å². The molecule has 0 fully saturated rings. The van der Waals surface area contributed by atoms with Gasteiger partial charge in [-0.25, -0.2) is 0 Å². The standard InChI is InChI=1S/C8H17N3/c1-3-11(4-2)8-7-10-6-5-9/h10H,3-4,6-8H2,1-2H3.